The zero-order valence-corrected chi connectivity index (χ0v) is 13.7. The summed E-state index contributed by atoms with van der Waals surface area (Å²) >= 11 is 0. The summed E-state index contributed by atoms with van der Waals surface area (Å²) in [5.41, 5.74) is 9.01. The van der Waals surface area contributed by atoms with Gasteiger partial charge in [-0.05, 0) is 37.5 Å². The van der Waals surface area contributed by atoms with Gasteiger partial charge < -0.3 is 10.6 Å². The molecule has 118 valence electrons. The van der Waals surface area contributed by atoms with Crippen molar-refractivity contribution < 1.29 is 0 Å². The van der Waals surface area contributed by atoms with E-state index in [1.807, 2.05) is 11.7 Å². The summed E-state index contributed by atoms with van der Waals surface area (Å²) in [6.07, 6.45) is 12.0. The molecule has 4 heteroatoms. The van der Waals surface area contributed by atoms with Crippen LogP contribution in [0.5, 0.6) is 0 Å². The quantitative estimate of drug-likeness (QED) is 0.926. The fourth-order valence-corrected chi connectivity index (χ4v) is 4.38. The van der Waals surface area contributed by atoms with Crippen molar-refractivity contribution in [3.05, 3.63) is 5.69 Å². The Labute approximate surface area is 128 Å². The third-order valence-corrected chi connectivity index (χ3v) is 5.65. The van der Waals surface area contributed by atoms with Crippen LogP contribution in [0.1, 0.15) is 64.0 Å². The molecule has 1 aliphatic carbocycles. The van der Waals surface area contributed by atoms with Gasteiger partial charge in [-0.25, -0.2) is 0 Å². The van der Waals surface area contributed by atoms with E-state index in [0.717, 1.165) is 43.1 Å². The highest BCUT2D eigenvalue weighted by Gasteiger charge is 2.36. The third kappa shape index (κ3) is 2.77. The largest absolute Gasteiger partial charge is 0.394 e. The smallest absolute Gasteiger partial charge is 0.150 e. The van der Waals surface area contributed by atoms with Crippen LogP contribution in [-0.2, 0) is 13.5 Å². The van der Waals surface area contributed by atoms with Crippen LogP contribution < -0.4 is 10.6 Å². The van der Waals surface area contributed by atoms with Gasteiger partial charge in [0.2, 0.25) is 0 Å². The van der Waals surface area contributed by atoms with Gasteiger partial charge in [0.1, 0.15) is 5.82 Å². The molecular weight excluding hydrogens is 260 g/mol. The van der Waals surface area contributed by atoms with Crippen LogP contribution in [0.15, 0.2) is 0 Å². The number of piperidine rings is 1. The molecule has 21 heavy (non-hydrogen) atoms. The molecule has 2 N–H and O–H groups in total. The highest BCUT2D eigenvalue weighted by molar-refractivity contribution is 5.66. The molecule has 1 aliphatic heterocycles. The van der Waals surface area contributed by atoms with Gasteiger partial charge >= 0.3 is 0 Å². The second-order valence-corrected chi connectivity index (χ2v) is 7.11. The van der Waals surface area contributed by atoms with Crippen LogP contribution in [0.25, 0.3) is 0 Å². The van der Waals surface area contributed by atoms with Crippen molar-refractivity contribution >= 4 is 11.5 Å². The molecule has 0 amide bonds. The van der Waals surface area contributed by atoms with Gasteiger partial charge in [-0.15, -0.1) is 0 Å². The summed E-state index contributed by atoms with van der Waals surface area (Å²) < 4.78 is 2.00. The molecule has 0 radical (unpaired) electrons. The van der Waals surface area contributed by atoms with Gasteiger partial charge in [-0.1, -0.05) is 32.6 Å². The minimum absolute atomic E-state index is 0.647. The highest BCUT2D eigenvalue weighted by atomic mass is 15.4. The summed E-state index contributed by atoms with van der Waals surface area (Å²) in [5, 5.41) is 4.63. The standard InChI is InChI=1S/C17H30N4/c1-3-7-14-15(18)16(20(2)19-14)21-12-10-17(11-13-21)8-5-4-6-9-17/h3-13,18H2,1-2H3. The molecule has 0 atom stereocenters. The van der Waals surface area contributed by atoms with Crippen LogP contribution in [0.2, 0.25) is 0 Å². The Morgan fingerprint density at radius 2 is 1.76 bits per heavy atom. The van der Waals surface area contributed by atoms with Gasteiger partial charge in [-0.3, -0.25) is 4.68 Å². The summed E-state index contributed by atoms with van der Waals surface area (Å²) in [4.78, 5) is 2.47. The van der Waals surface area contributed by atoms with Crippen LogP contribution in [0.4, 0.5) is 11.5 Å². The summed E-state index contributed by atoms with van der Waals surface area (Å²) in [6.45, 7) is 4.48. The molecule has 2 aliphatic rings. The molecule has 1 saturated carbocycles. The minimum Gasteiger partial charge on any atom is -0.394 e. The lowest BCUT2D eigenvalue weighted by molar-refractivity contribution is 0.144. The molecule has 1 spiro atoms. The van der Waals surface area contributed by atoms with E-state index < -0.39 is 0 Å². The van der Waals surface area contributed by atoms with Crippen molar-refractivity contribution in [1.29, 1.82) is 0 Å². The van der Waals surface area contributed by atoms with Gasteiger partial charge in [0.25, 0.3) is 0 Å². The zero-order valence-electron chi connectivity index (χ0n) is 13.7. The van der Waals surface area contributed by atoms with Gasteiger partial charge in [0.05, 0.1) is 11.4 Å². The first-order valence-electron chi connectivity index (χ1n) is 8.71. The average Bonchev–Trinajstić information content (AvgIpc) is 2.76. The average molecular weight is 290 g/mol. The zero-order chi connectivity index (χ0) is 14.9. The summed E-state index contributed by atoms with van der Waals surface area (Å²) in [7, 11) is 2.04. The fraction of sp³-hybridized carbons (Fsp3) is 0.824. The van der Waals surface area contributed by atoms with Crippen molar-refractivity contribution in [3.8, 4) is 0 Å². The Morgan fingerprint density at radius 3 is 2.38 bits per heavy atom. The van der Waals surface area contributed by atoms with E-state index in [0.29, 0.717) is 5.41 Å². The number of anilines is 2. The minimum atomic E-state index is 0.647. The number of nitrogens with two attached hydrogens (primary N) is 1. The summed E-state index contributed by atoms with van der Waals surface area (Å²) in [6, 6.07) is 0. The third-order valence-electron chi connectivity index (χ3n) is 5.65. The molecule has 0 aromatic carbocycles. The SMILES string of the molecule is CCCc1nn(C)c(N2CCC3(CCCCC3)CC2)c1N. The number of rotatable bonds is 3. The number of aromatic nitrogens is 2. The second-order valence-electron chi connectivity index (χ2n) is 7.11. The molecule has 0 bridgehead atoms. The first kappa shape index (κ1) is 14.7. The number of nitrogen functional groups attached to an aromatic ring is 1. The maximum absolute atomic E-state index is 6.37. The number of hydrogen-bond donors (Lipinski definition) is 1. The fourth-order valence-electron chi connectivity index (χ4n) is 4.38. The lowest BCUT2D eigenvalue weighted by Gasteiger charge is -2.45. The van der Waals surface area contributed by atoms with Crippen molar-refractivity contribution in [3.63, 3.8) is 0 Å². The van der Waals surface area contributed by atoms with Crippen LogP contribution >= 0.6 is 0 Å². The molecule has 2 fully saturated rings. The molecular formula is C17H30N4. The maximum atomic E-state index is 6.37. The number of aryl methyl sites for hydroxylation is 2. The monoisotopic (exact) mass is 290 g/mol. The molecule has 1 aromatic heterocycles. The van der Waals surface area contributed by atoms with Crippen molar-refractivity contribution in [2.24, 2.45) is 12.5 Å². The Bertz CT molecular complexity index is 475. The molecule has 2 heterocycles. The highest BCUT2D eigenvalue weighted by Crippen LogP contribution is 2.45. The molecule has 1 aromatic rings. The normalized spacial score (nSPS) is 21.9. The molecule has 1 saturated heterocycles. The van der Waals surface area contributed by atoms with Gasteiger partial charge in [-0.2, -0.15) is 5.10 Å². The van der Waals surface area contributed by atoms with Crippen LogP contribution in [0, 0.1) is 5.41 Å². The van der Waals surface area contributed by atoms with E-state index in [1.165, 1.54) is 44.9 Å². The van der Waals surface area contributed by atoms with E-state index in [1.54, 1.807) is 0 Å². The van der Waals surface area contributed by atoms with Gasteiger partial charge in [0.15, 0.2) is 0 Å². The Balaban J connectivity index is 1.72. The van der Waals surface area contributed by atoms with Crippen molar-refractivity contribution in [2.75, 3.05) is 23.7 Å². The topological polar surface area (TPSA) is 47.1 Å². The van der Waals surface area contributed by atoms with Crippen LogP contribution in [-0.4, -0.2) is 22.9 Å². The number of nitrogens with zero attached hydrogens (tertiary/aromatic N) is 3. The van der Waals surface area contributed by atoms with E-state index in [-0.39, 0.29) is 0 Å². The predicted octanol–water partition coefficient (Wildman–Crippen LogP) is 3.51. The molecule has 4 nitrogen and oxygen atoms in total. The lowest BCUT2D eigenvalue weighted by atomic mass is 9.68. The van der Waals surface area contributed by atoms with E-state index in [2.05, 4.69) is 16.9 Å². The first-order valence-corrected chi connectivity index (χ1v) is 8.71. The maximum Gasteiger partial charge on any atom is 0.150 e. The molecule has 3 rings (SSSR count). The summed E-state index contributed by atoms with van der Waals surface area (Å²) in [5.74, 6) is 1.16. The first-order chi connectivity index (χ1) is 10.2. The Hall–Kier alpha value is -1.19. The van der Waals surface area contributed by atoms with Crippen LogP contribution in [0.3, 0.4) is 0 Å². The van der Waals surface area contributed by atoms with Crippen molar-refractivity contribution in [2.45, 2.75) is 64.7 Å². The van der Waals surface area contributed by atoms with Gasteiger partial charge in [0, 0.05) is 20.1 Å². The second kappa shape index (κ2) is 5.90. The van der Waals surface area contributed by atoms with Crippen molar-refractivity contribution in [1.82, 2.24) is 9.78 Å². The molecule has 0 unspecified atom stereocenters. The Kier molecular flexibility index (Phi) is 4.14. The number of hydrogen-bond acceptors (Lipinski definition) is 3. The predicted molar refractivity (Wildman–Crippen MR) is 88.6 cm³/mol. The lowest BCUT2D eigenvalue weighted by Crippen LogP contribution is -2.42. The Morgan fingerprint density at radius 1 is 1.10 bits per heavy atom. The van der Waals surface area contributed by atoms with E-state index in [4.69, 9.17) is 5.73 Å². The van der Waals surface area contributed by atoms with E-state index in [9.17, 15) is 0 Å². The van der Waals surface area contributed by atoms with E-state index >= 15 is 0 Å².